The van der Waals surface area contributed by atoms with Crippen molar-refractivity contribution in [3.63, 3.8) is 0 Å². The van der Waals surface area contributed by atoms with E-state index in [1.54, 1.807) is 55.5 Å². The summed E-state index contributed by atoms with van der Waals surface area (Å²) in [6.45, 7) is -0.196. The van der Waals surface area contributed by atoms with Gasteiger partial charge in [0.15, 0.2) is 6.61 Å². The van der Waals surface area contributed by atoms with Crippen molar-refractivity contribution in [1.82, 2.24) is 10.2 Å². The smallest absolute Gasteiger partial charge is 0.261 e. The Morgan fingerprint density at radius 3 is 2.20 bits per heavy atom. The third-order valence-corrected chi connectivity index (χ3v) is 7.60. The van der Waals surface area contributed by atoms with Crippen LogP contribution in [0.25, 0.3) is 0 Å². The molecule has 3 aromatic carbocycles. The maximum Gasteiger partial charge on any atom is 0.261 e. The first-order valence-corrected chi connectivity index (χ1v) is 14.1. The van der Waals surface area contributed by atoms with Crippen LogP contribution in [0.15, 0.2) is 66.7 Å². The van der Waals surface area contributed by atoms with Crippen LogP contribution in [0.5, 0.6) is 17.2 Å². The molecular weight excluding hydrogens is 551 g/mol. The zero-order valence-corrected chi connectivity index (χ0v) is 24.2. The van der Waals surface area contributed by atoms with Crippen LogP contribution in [0.3, 0.4) is 0 Å². The van der Waals surface area contributed by atoms with Gasteiger partial charge in [-0.25, -0.2) is 0 Å². The molecule has 0 saturated heterocycles. The van der Waals surface area contributed by atoms with Gasteiger partial charge >= 0.3 is 0 Å². The summed E-state index contributed by atoms with van der Waals surface area (Å²) in [5.74, 6) is 0.908. The second-order valence-electron chi connectivity index (χ2n) is 9.79. The minimum absolute atomic E-state index is 0.0994. The lowest BCUT2D eigenvalue weighted by molar-refractivity contribution is -0.143. The Hall–Kier alpha value is -3.42. The molecule has 0 radical (unpaired) electrons. The van der Waals surface area contributed by atoms with Gasteiger partial charge in [-0.1, -0.05) is 72.4 Å². The molecule has 1 N–H and O–H groups in total. The molecule has 3 aromatic rings. The molecule has 9 heteroatoms. The van der Waals surface area contributed by atoms with E-state index >= 15 is 0 Å². The van der Waals surface area contributed by atoms with Gasteiger partial charge in [0.1, 0.15) is 23.3 Å². The molecular formula is C31H34Cl2N2O5. The van der Waals surface area contributed by atoms with E-state index < -0.39 is 6.04 Å². The third kappa shape index (κ3) is 8.05. The number of ether oxygens (including phenoxy) is 3. The fraction of sp³-hybridized carbons (Fsp3) is 0.355. The van der Waals surface area contributed by atoms with Gasteiger partial charge in [-0.2, -0.15) is 0 Å². The van der Waals surface area contributed by atoms with E-state index in [2.05, 4.69) is 5.32 Å². The van der Waals surface area contributed by atoms with Crippen molar-refractivity contribution in [3.05, 3.63) is 87.9 Å². The van der Waals surface area contributed by atoms with Gasteiger partial charge < -0.3 is 24.4 Å². The molecule has 0 aliphatic heterocycles. The number of amides is 2. The summed E-state index contributed by atoms with van der Waals surface area (Å²) >= 11 is 12.6. The molecule has 1 fully saturated rings. The molecule has 2 amide bonds. The summed E-state index contributed by atoms with van der Waals surface area (Å²) in [4.78, 5) is 29.2. The second-order valence-corrected chi connectivity index (χ2v) is 10.6. The molecule has 1 aliphatic rings. The molecule has 4 rings (SSSR count). The van der Waals surface area contributed by atoms with Crippen LogP contribution < -0.4 is 19.5 Å². The van der Waals surface area contributed by atoms with Crippen LogP contribution in [0.1, 0.15) is 36.8 Å². The number of benzene rings is 3. The van der Waals surface area contributed by atoms with Gasteiger partial charge in [-0.05, 0) is 36.1 Å². The molecule has 0 unspecified atom stereocenters. The molecule has 7 nitrogen and oxygen atoms in total. The molecule has 1 aliphatic carbocycles. The summed E-state index contributed by atoms with van der Waals surface area (Å²) in [6, 6.07) is 19.2. The molecule has 212 valence electrons. The number of hydrogen-bond acceptors (Lipinski definition) is 5. The first-order chi connectivity index (χ1) is 19.4. The average molecular weight is 586 g/mol. The second kappa shape index (κ2) is 14.3. The van der Waals surface area contributed by atoms with Crippen LogP contribution in [0.2, 0.25) is 10.0 Å². The van der Waals surface area contributed by atoms with Gasteiger partial charge in [0, 0.05) is 47.3 Å². The van der Waals surface area contributed by atoms with Crippen LogP contribution in [-0.4, -0.2) is 49.6 Å². The number of rotatable bonds is 12. The molecule has 0 spiro atoms. The highest BCUT2D eigenvalue weighted by molar-refractivity contribution is 6.35. The fourth-order valence-corrected chi connectivity index (χ4v) is 5.32. The Bertz CT molecular complexity index is 1280. The summed E-state index contributed by atoms with van der Waals surface area (Å²) in [6.07, 6.45) is 4.36. The molecule has 1 saturated carbocycles. The van der Waals surface area contributed by atoms with E-state index in [1.165, 1.54) is 0 Å². The summed E-state index contributed by atoms with van der Waals surface area (Å²) in [7, 11) is 3.08. The quantitative estimate of drug-likeness (QED) is 0.279. The molecule has 0 heterocycles. The van der Waals surface area contributed by atoms with E-state index in [1.807, 2.05) is 30.3 Å². The minimum Gasteiger partial charge on any atom is -0.496 e. The zero-order valence-electron chi connectivity index (χ0n) is 22.7. The number of hydrogen-bond donors (Lipinski definition) is 1. The van der Waals surface area contributed by atoms with Crippen LogP contribution in [-0.2, 0) is 22.6 Å². The lowest BCUT2D eigenvalue weighted by Crippen LogP contribution is -2.53. The Kier molecular flexibility index (Phi) is 10.6. The van der Waals surface area contributed by atoms with Gasteiger partial charge in [0.25, 0.3) is 5.91 Å². The highest BCUT2D eigenvalue weighted by Gasteiger charge is 2.33. The Balaban J connectivity index is 1.64. The lowest BCUT2D eigenvalue weighted by Gasteiger charge is -2.32. The van der Waals surface area contributed by atoms with Crippen molar-refractivity contribution in [1.29, 1.82) is 0 Å². The van der Waals surface area contributed by atoms with Crippen molar-refractivity contribution < 1.29 is 23.8 Å². The minimum atomic E-state index is -0.786. The van der Waals surface area contributed by atoms with E-state index in [0.717, 1.165) is 31.2 Å². The van der Waals surface area contributed by atoms with Gasteiger partial charge in [0.2, 0.25) is 5.91 Å². The summed E-state index contributed by atoms with van der Waals surface area (Å²) in [5, 5.41) is 4.09. The average Bonchev–Trinajstić information content (AvgIpc) is 3.48. The molecule has 0 bridgehead atoms. The van der Waals surface area contributed by atoms with Gasteiger partial charge in [0.05, 0.1) is 14.2 Å². The third-order valence-electron chi connectivity index (χ3n) is 7.02. The predicted molar refractivity (Wildman–Crippen MR) is 156 cm³/mol. The highest BCUT2D eigenvalue weighted by atomic mass is 35.5. The Labute approximate surface area is 245 Å². The van der Waals surface area contributed by atoms with E-state index in [-0.39, 0.29) is 31.0 Å². The number of carbonyl (C=O) groups is 2. The maximum absolute atomic E-state index is 13.9. The Morgan fingerprint density at radius 2 is 1.57 bits per heavy atom. The summed E-state index contributed by atoms with van der Waals surface area (Å²) < 4.78 is 16.5. The standard InChI is InChI=1S/C31H34Cl2N2O5/c1-38-25-16-26(39-2)18-27(17-25)40-20-30(36)35(19-22-12-13-23(32)15-28(22)33)29(14-21-8-4-3-5-9-21)31(37)34-24-10-6-7-11-24/h3-5,8-9,12-13,15-18,24,29H,6-7,10-11,14,19-20H2,1-2H3,(H,34,37)/t29-/m1/s1. The SMILES string of the molecule is COc1cc(OC)cc(OCC(=O)N(Cc2ccc(Cl)cc2Cl)[C@H](Cc2ccccc2)C(=O)NC2CCCC2)c1. The van der Waals surface area contributed by atoms with E-state index in [4.69, 9.17) is 37.4 Å². The first-order valence-electron chi connectivity index (χ1n) is 13.3. The van der Waals surface area contributed by atoms with Gasteiger partial charge in [-0.3, -0.25) is 9.59 Å². The normalized spacial score (nSPS) is 13.9. The van der Waals surface area contributed by atoms with Crippen LogP contribution in [0, 0.1) is 0 Å². The van der Waals surface area contributed by atoms with Crippen molar-refractivity contribution >= 4 is 35.0 Å². The van der Waals surface area contributed by atoms with Crippen molar-refractivity contribution in [2.24, 2.45) is 0 Å². The van der Waals surface area contributed by atoms with Crippen LogP contribution in [0.4, 0.5) is 0 Å². The lowest BCUT2D eigenvalue weighted by atomic mass is 10.0. The largest absolute Gasteiger partial charge is 0.496 e. The van der Waals surface area contributed by atoms with E-state index in [9.17, 15) is 9.59 Å². The molecule has 0 aromatic heterocycles. The van der Waals surface area contributed by atoms with Gasteiger partial charge in [-0.15, -0.1) is 0 Å². The van der Waals surface area contributed by atoms with Crippen molar-refractivity contribution in [2.45, 2.75) is 50.7 Å². The number of nitrogens with one attached hydrogen (secondary N) is 1. The summed E-state index contributed by atoms with van der Waals surface area (Å²) in [5.41, 5.74) is 1.61. The number of halogens is 2. The topological polar surface area (TPSA) is 77.1 Å². The number of nitrogens with zero attached hydrogens (tertiary/aromatic N) is 1. The van der Waals surface area contributed by atoms with E-state index in [0.29, 0.717) is 39.3 Å². The Morgan fingerprint density at radius 1 is 0.925 bits per heavy atom. The van der Waals surface area contributed by atoms with Crippen molar-refractivity contribution in [3.8, 4) is 17.2 Å². The zero-order chi connectivity index (χ0) is 28.5. The predicted octanol–water partition coefficient (Wildman–Crippen LogP) is 6.09. The first kappa shape index (κ1) is 29.6. The molecule has 1 atom stereocenters. The maximum atomic E-state index is 13.9. The number of carbonyl (C=O) groups excluding carboxylic acids is 2. The van der Waals surface area contributed by atoms with Crippen LogP contribution >= 0.6 is 23.2 Å². The highest BCUT2D eigenvalue weighted by Crippen LogP contribution is 2.28. The monoisotopic (exact) mass is 584 g/mol. The number of methoxy groups -OCH3 is 2. The van der Waals surface area contributed by atoms with Crippen molar-refractivity contribution in [2.75, 3.05) is 20.8 Å². The molecule has 40 heavy (non-hydrogen) atoms. The fourth-order valence-electron chi connectivity index (χ4n) is 4.85.